The number of unbranched alkanes of at least 4 members (excludes halogenated alkanes) is 41. The lowest BCUT2D eigenvalue weighted by atomic mass is 9.97. The van der Waals surface area contributed by atoms with Gasteiger partial charge >= 0.3 is 0 Å². The van der Waals surface area contributed by atoms with Gasteiger partial charge in [-0.3, -0.25) is 4.79 Å². The van der Waals surface area contributed by atoms with Crippen LogP contribution in [-0.4, -0.2) is 140 Å². The zero-order valence-electron chi connectivity index (χ0n) is 49.5. The van der Waals surface area contributed by atoms with Crippen LogP contribution in [0.1, 0.15) is 303 Å². The van der Waals surface area contributed by atoms with E-state index < -0.39 is 86.8 Å². The lowest BCUT2D eigenvalue weighted by Crippen LogP contribution is -2.65. The third kappa shape index (κ3) is 34.9. The molecular weight excluding hydrogens is 979 g/mol. The van der Waals surface area contributed by atoms with Crippen LogP contribution < -0.4 is 5.32 Å². The molecule has 0 aliphatic carbocycles. The molecule has 458 valence electrons. The molecule has 2 rings (SSSR count). The Balaban J connectivity index is 1.65. The van der Waals surface area contributed by atoms with Gasteiger partial charge in [0.2, 0.25) is 5.91 Å². The van der Waals surface area contributed by atoms with Crippen molar-refractivity contribution in [2.24, 2.45) is 0 Å². The summed E-state index contributed by atoms with van der Waals surface area (Å²) in [5.41, 5.74) is 0. The van der Waals surface area contributed by atoms with Crippen LogP contribution >= 0.6 is 0 Å². The van der Waals surface area contributed by atoms with Gasteiger partial charge in [-0.15, -0.1) is 0 Å². The van der Waals surface area contributed by atoms with E-state index in [1.165, 1.54) is 225 Å². The number of hydrogen-bond donors (Lipinski definition) is 9. The molecule has 12 atom stereocenters. The predicted octanol–water partition coefficient (Wildman–Crippen LogP) is 12.1. The van der Waals surface area contributed by atoms with Gasteiger partial charge in [0.05, 0.1) is 32.0 Å². The van der Waals surface area contributed by atoms with Crippen LogP contribution in [0.4, 0.5) is 0 Å². The molecule has 77 heavy (non-hydrogen) atoms. The van der Waals surface area contributed by atoms with E-state index in [0.717, 1.165) is 51.4 Å². The number of nitrogens with one attached hydrogen (secondary N) is 1. The molecule has 0 bridgehead atoms. The number of ether oxygens (including phenoxy) is 4. The van der Waals surface area contributed by atoms with E-state index in [9.17, 15) is 45.6 Å². The maximum absolute atomic E-state index is 13.3. The highest BCUT2D eigenvalue weighted by molar-refractivity contribution is 5.76. The van der Waals surface area contributed by atoms with Crippen molar-refractivity contribution in [3.05, 3.63) is 0 Å². The SMILES string of the molecule is CCCCCCCCCCCCCCCCCCCCCCCCCCCCCCC(=O)N[C@@H](CO[C@@H]1O[C@H](CO)[C@@H](O[C@@H]2O[C@H](CO)[C@H](O)C(O)C2O)C(O)C1O)[C@H](O)CCCCCCCCCCCCCCCCC. The van der Waals surface area contributed by atoms with Gasteiger partial charge in [0.15, 0.2) is 12.6 Å². The maximum atomic E-state index is 13.3. The summed E-state index contributed by atoms with van der Waals surface area (Å²) in [5.74, 6) is -0.199. The van der Waals surface area contributed by atoms with Crippen molar-refractivity contribution in [1.29, 1.82) is 0 Å². The molecule has 2 heterocycles. The normalized spacial score (nSPS) is 24.6. The van der Waals surface area contributed by atoms with E-state index in [2.05, 4.69) is 19.2 Å². The summed E-state index contributed by atoms with van der Waals surface area (Å²) in [6, 6.07) is -0.823. The Kier molecular flexibility index (Phi) is 46.4. The van der Waals surface area contributed by atoms with Gasteiger partial charge in [0.25, 0.3) is 0 Å². The van der Waals surface area contributed by atoms with Gasteiger partial charge in [0.1, 0.15) is 48.8 Å². The highest BCUT2D eigenvalue weighted by Crippen LogP contribution is 2.30. The van der Waals surface area contributed by atoms with Gasteiger partial charge in [-0.05, 0) is 12.8 Å². The molecule has 14 heteroatoms. The van der Waals surface area contributed by atoms with Crippen LogP contribution in [0.15, 0.2) is 0 Å². The molecule has 2 aliphatic rings. The largest absolute Gasteiger partial charge is 0.394 e. The Hall–Kier alpha value is -1.01. The number of carbonyl (C=O) groups is 1. The van der Waals surface area contributed by atoms with Crippen LogP contribution in [-0.2, 0) is 23.7 Å². The van der Waals surface area contributed by atoms with Crippen LogP contribution in [0.2, 0.25) is 0 Å². The summed E-state index contributed by atoms with van der Waals surface area (Å²) in [7, 11) is 0. The molecule has 4 unspecified atom stereocenters. The predicted molar refractivity (Wildman–Crippen MR) is 309 cm³/mol. The highest BCUT2D eigenvalue weighted by atomic mass is 16.7. The lowest BCUT2D eigenvalue weighted by molar-refractivity contribution is -0.359. The molecule has 1 amide bonds. The summed E-state index contributed by atoms with van der Waals surface area (Å²) in [4.78, 5) is 13.3. The quantitative estimate of drug-likeness (QED) is 0.0259. The van der Waals surface area contributed by atoms with Crippen molar-refractivity contribution >= 4 is 5.91 Å². The molecule has 0 aromatic carbocycles. The number of aliphatic hydroxyl groups excluding tert-OH is 8. The molecule has 0 aromatic rings. The zero-order valence-corrected chi connectivity index (χ0v) is 49.5. The Labute approximate surface area is 470 Å². The molecule has 0 saturated carbocycles. The van der Waals surface area contributed by atoms with E-state index in [4.69, 9.17) is 18.9 Å². The fourth-order valence-corrected chi connectivity index (χ4v) is 11.3. The summed E-state index contributed by atoms with van der Waals surface area (Å²) in [5, 5.41) is 87.4. The van der Waals surface area contributed by atoms with E-state index in [1.807, 2.05) is 0 Å². The van der Waals surface area contributed by atoms with Crippen molar-refractivity contribution in [3.63, 3.8) is 0 Å². The summed E-state index contributed by atoms with van der Waals surface area (Å²) in [6.07, 6.45) is 39.8. The van der Waals surface area contributed by atoms with Gasteiger partial charge < -0.3 is 65.1 Å². The molecule has 0 radical (unpaired) electrons. The molecule has 2 aliphatic heterocycles. The number of amides is 1. The van der Waals surface area contributed by atoms with E-state index in [0.29, 0.717) is 12.8 Å². The number of rotatable bonds is 54. The average Bonchev–Trinajstić information content (AvgIpc) is 3.43. The van der Waals surface area contributed by atoms with E-state index in [1.54, 1.807) is 0 Å². The summed E-state index contributed by atoms with van der Waals surface area (Å²) < 4.78 is 22.9. The van der Waals surface area contributed by atoms with Gasteiger partial charge in [-0.25, -0.2) is 0 Å². The molecule has 2 fully saturated rings. The number of aliphatic hydroxyl groups is 8. The molecular formula is C63H123NO13. The van der Waals surface area contributed by atoms with E-state index in [-0.39, 0.29) is 12.5 Å². The van der Waals surface area contributed by atoms with Crippen LogP contribution in [0, 0.1) is 0 Å². The second kappa shape index (κ2) is 49.6. The minimum Gasteiger partial charge on any atom is -0.394 e. The molecule has 14 nitrogen and oxygen atoms in total. The smallest absolute Gasteiger partial charge is 0.220 e. The second-order valence-electron chi connectivity index (χ2n) is 23.6. The van der Waals surface area contributed by atoms with Crippen LogP contribution in [0.5, 0.6) is 0 Å². The van der Waals surface area contributed by atoms with Crippen LogP contribution in [0.3, 0.4) is 0 Å². The minimum atomic E-state index is -1.78. The molecule has 2 saturated heterocycles. The lowest BCUT2D eigenvalue weighted by Gasteiger charge is -2.46. The standard InChI is InChI=1S/C63H123NO13/c1-3-5-7-9-11-13-15-17-19-20-21-22-23-24-25-26-27-28-29-30-31-33-35-37-39-41-43-45-47-55(68)64-51(52(67)46-44-42-40-38-36-34-32-18-16-14-12-10-8-6-4-2)50-74-62-60(73)58(71)61(54(49-66)76-62)77-63-59(72)57(70)56(69)53(48-65)75-63/h51-54,56-63,65-67,69-73H,3-50H2,1-2H3,(H,64,68)/t51-,52+,53+,54+,56-,57?,58?,59?,60?,61+,62+,63-/m0/s1. The minimum absolute atomic E-state index is 0.199. The zero-order chi connectivity index (χ0) is 56.0. The fraction of sp³-hybridized carbons (Fsp3) is 0.984. The highest BCUT2D eigenvalue weighted by Gasteiger charge is 2.51. The van der Waals surface area contributed by atoms with Crippen molar-refractivity contribution < 1.29 is 64.6 Å². The Bertz CT molecular complexity index is 1300. The molecule has 0 aromatic heterocycles. The fourth-order valence-electron chi connectivity index (χ4n) is 11.3. The third-order valence-corrected chi connectivity index (χ3v) is 16.6. The van der Waals surface area contributed by atoms with Crippen molar-refractivity contribution in [1.82, 2.24) is 5.32 Å². The Morgan fingerprint density at radius 1 is 0.416 bits per heavy atom. The Morgan fingerprint density at radius 3 is 1.10 bits per heavy atom. The first-order valence-corrected chi connectivity index (χ1v) is 32.8. The summed E-state index contributed by atoms with van der Waals surface area (Å²) >= 11 is 0. The third-order valence-electron chi connectivity index (χ3n) is 16.6. The molecule has 9 N–H and O–H groups in total. The van der Waals surface area contributed by atoms with Gasteiger partial charge in [-0.2, -0.15) is 0 Å². The topological polar surface area (TPSA) is 228 Å². The first-order chi connectivity index (χ1) is 37.6. The number of carbonyl (C=O) groups excluding carboxylic acids is 1. The van der Waals surface area contributed by atoms with Gasteiger partial charge in [0, 0.05) is 6.42 Å². The van der Waals surface area contributed by atoms with Crippen LogP contribution in [0.25, 0.3) is 0 Å². The average molecular weight is 1100 g/mol. The van der Waals surface area contributed by atoms with E-state index >= 15 is 0 Å². The van der Waals surface area contributed by atoms with Gasteiger partial charge in [-0.1, -0.05) is 284 Å². The van der Waals surface area contributed by atoms with Crippen molar-refractivity contribution in [2.45, 2.75) is 376 Å². The van der Waals surface area contributed by atoms with Crippen molar-refractivity contribution in [2.75, 3.05) is 19.8 Å². The first-order valence-electron chi connectivity index (χ1n) is 32.8. The second-order valence-corrected chi connectivity index (χ2v) is 23.6. The monoisotopic (exact) mass is 1100 g/mol. The van der Waals surface area contributed by atoms with Crippen molar-refractivity contribution in [3.8, 4) is 0 Å². The maximum Gasteiger partial charge on any atom is 0.220 e. The Morgan fingerprint density at radius 2 is 0.740 bits per heavy atom. The number of hydrogen-bond acceptors (Lipinski definition) is 13. The molecule has 0 spiro atoms. The first kappa shape index (κ1) is 72.1. The summed E-state index contributed by atoms with van der Waals surface area (Å²) in [6.45, 7) is 2.91.